The van der Waals surface area contributed by atoms with Crippen LogP contribution in [-0.2, 0) is 0 Å². The molecule has 2 unspecified atom stereocenters. The van der Waals surface area contributed by atoms with E-state index in [0.717, 1.165) is 30.7 Å². The van der Waals surface area contributed by atoms with Gasteiger partial charge in [0, 0.05) is 6.54 Å². The Morgan fingerprint density at radius 2 is 2.05 bits per heavy atom. The lowest BCUT2D eigenvalue weighted by atomic mass is 10.1. The molecule has 0 saturated heterocycles. The quantitative estimate of drug-likeness (QED) is 0.648. The zero-order chi connectivity index (χ0) is 13.7. The summed E-state index contributed by atoms with van der Waals surface area (Å²) in [5, 5.41) is 22.4. The predicted octanol–water partition coefficient (Wildman–Crippen LogP) is 1.20. The highest BCUT2D eigenvalue weighted by molar-refractivity contribution is 5.45. The summed E-state index contributed by atoms with van der Waals surface area (Å²) in [4.78, 5) is 0. The Morgan fingerprint density at radius 3 is 2.84 bits per heavy atom. The van der Waals surface area contributed by atoms with E-state index in [-0.39, 0.29) is 12.9 Å². The summed E-state index contributed by atoms with van der Waals surface area (Å²) in [7, 11) is 0. The normalized spacial score (nSPS) is 16.4. The Bertz CT molecular complexity index is 408. The molecule has 2 rings (SSSR count). The number of aliphatic hydroxyl groups is 2. The molecule has 0 spiro atoms. The van der Waals surface area contributed by atoms with Crippen molar-refractivity contribution in [3.05, 3.63) is 23.8 Å². The van der Waals surface area contributed by atoms with Gasteiger partial charge in [-0.1, -0.05) is 6.07 Å². The maximum absolute atomic E-state index is 10.1. The van der Waals surface area contributed by atoms with E-state index >= 15 is 0 Å². The highest BCUT2D eigenvalue weighted by atomic mass is 16.7. The van der Waals surface area contributed by atoms with Gasteiger partial charge in [0.1, 0.15) is 0 Å². The number of aliphatic hydroxyl groups excluding tert-OH is 2. The van der Waals surface area contributed by atoms with E-state index in [0.29, 0.717) is 12.3 Å². The second-order valence-corrected chi connectivity index (χ2v) is 4.82. The number of benzene rings is 1. The molecular weight excluding hydrogens is 246 g/mol. The summed E-state index contributed by atoms with van der Waals surface area (Å²) < 4.78 is 10.5. The number of ether oxygens (including phenoxy) is 2. The van der Waals surface area contributed by atoms with Gasteiger partial charge in [-0.25, -0.2) is 0 Å². The first-order valence-electron chi connectivity index (χ1n) is 6.63. The van der Waals surface area contributed by atoms with Crippen molar-refractivity contribution >= 4 is 0 Å². The minimum atomic E-state index is -0.568. The molecule has 1 aliphatic rings. The van der Waals surface area contributed by atoms with Crippen LogP contribution in [0.2, 0.25) is 0 Å². The van der Waals surface area contributed by atoms with Gasteiger partial charge in [0.05, 0.1) is 12.2 Å². The lowest BCUT2D eigenvalue weighted by Gasteiger charge is -2.13. The van der Waals surface area contributed by atoms with Gasteiger partial charge in [-0.2, -0.15) is 0 Å². The van der Waals surface area contributed by atoms with E-state index < -0.39 is 6.10 Å². The van der Waals surface area contributed by atoms with E-state index in [4.69, 9.17) is 14.6 Å². The van der Waals surface area contributed by atoms with Gasteiger partial charge in [0.25, 0.3) is 0 Å². The molecule has 0 fully saturated rings. The number of hydrogen-bond acceptors (Lipinski definition) is 5. The SMILES string of the molecule is CC(O)CCCNCC(O)c1ccc2c(c1)OCO2. The minimum Gasteiger partial charge on any atom is -0.454 e. The Morgan fingerprint density at radius 1 is 1.26 bits per heavy atom. The summed E-state index contributed by atoms with van der Waals surface area (Å²) in [6.45, 7) is 3.29. The zero-order valence-corrected chi connectivity index (χ0v) is 11.1. The Hall–Kier alpha value is -1.30. The Labute approximate surface area is 113 Å². The third kappa shape index (κ3) is 4.09. The molecule has 0 saturated carbocycles. The smallest absolute Gasteiger partial charge is 0.231 e. The fourth-order valence-corrected chi connectivity index (χ4v) is 2.00. The molecule has 0 aromatic heterocycles. The van der Waals surface area contributed by atoms with Crippen molar-refractivity contribution in [3.63, 3.8) is 0 Å². The van der Waals surface area contributed by atoms with Gasteiger partial charge in [-0.05, 0) is 44.0 Å². The summed E-state index contributed by atoms with van der Waals surface area (Å²) in [5.41, 5.74) is 0.812. The zero-order valence-electron chi connectivity index (χ0n) is 11.1. The van der Waals surface area contributed by atoms with Gasteiger partial charge in [0.2, 0.25) is 6.79 Å². The molecule has 1 aliphatic heterocycles. The average molecular weight is 267 g/mol. The monoisotopic (exact) mass is 267 g/mol. The van der Waals surface area contributed by atoms with Crippen molar-refractivity contribution in [3.8, 4) is 11.5 Å². The first-order chi connectivity index (χ1) is 9.16. The molecule has 3 N–H and O–H groups in total. The lowest BCUT2D eigenvalue weighted by Crippen LogP contribution is -2.23. The minimum absolute atomic E-state index is 0.243. The lowest BCUT2D eigenvalue weighted by molar-refractivity contribution is 0.167. The van der Waals surface area contributed by atoms with Crippen LogP contribution in [0.5, 0.6) is 11.5 Å². The van der Waals surface area contributed by atoms with Crippen LogP contribution in [0.25, 0.3) is 0 Å². The summed E-state index contributed by atoms with van der Waals surface area (Å²) in [6.07, 6.45) is 0.834. The number of fused-ring (bicyclic) bond motifs is 1. The van der Waals surface area contributed by atoms with Crippen LogP contribution in [-0.4, -0.2) is 36.2 Å². The maximum atomic E-state index is 10.1. The van der Waals surface area contributed by atoms with Crippen molar-refractivity contribution < 1.29 is 19.7 Å². The first-order valence-corrected chi connectivity index (χ1v) is 6.63. The highest BCUT2D eigenvalue weighted by Gasteiger charge is 2.16. The van der Waals surface area contributed by atoms with Gasteiger partial charge in [0.15, 0.2) is 11.5 Å². The van der Waals surface area contributed by atoms with E-state index in [1.165, 1.54) is 0 Å². The van der Waals surface area contributed by atoms with Crippen LogP contribution in [0.3, 0.4) is 0 Å². The molecular formula is C14H21NO4. The molecule has 1 aromatic rings. The van der Waals surface area contributed by atoms with Crippen LogP contribution in [0.15, 0.2) is 18.2 Å². The standard InChI is InChI=1S/C14H21NO4/c1-10(16)3-2-6-15-8-12(17)11-4-5-13-14(7-11)19-9-18-13/h4-5,7,10,12,15-17H,2-3,6,8-9H2,1H3. The molecule has 1 heterocycles. The van der Waals surface area contributed by atoms with E-state index in [9.17, 15) is 5.11 Å². The molecule has 5 heteroatoms. The van der Waals surface area contributed by atoms with E-state index in [1.54, 1.807) is 6.92 Å². The topological polar surface area (TPSA) is 71.0 Å². The van der Waals surface area contributed by atoms with Crippen molar-refractivity contribution in [2.24, 2.45) is 0 Å². The molecule has 0 amide bonds. The fraction of sp³-hybridized carbons (Fsp3) is 0.571. The van der Waals surface area contributed by atoms with Gasteiger partial charge in [-0.3, -0.25) is 0 Å². The largest absolute Gasteiger partial charge is 0.454 e. The summed E-state index contributed by atoms with van der Waals surface area (Å²) in [6, 6.07) is 5.47. The Balaban J connectivity index is 1.75. The Kier molecular flexibility index (Phi) is 5.01. The number of rotatable bonds is 7. The number of nitrogens with one attached hydrogen (secondary N) is 1. The summed E-state index contributed by atoms with van der Waals surface area (Å²) in [5.74, 6) is 1.41. The average Bonchev–Trinajstić information content (AvgIpc) is 2.84. The van der Waals surface area contributed by atoms with Gasteiger partial charge >= 0.3 is 0 Å². The third-order valence-electron chi connectivity index (χ3n) is 3.09. The van der Waals surface area contributed by atoms with Gasteiger partial charge in [-0.15, -0.1) is 0 Å². The fourth-order valence-electron chi connectivity index (χ4n) is 2.00. The maximum Gasteiger partial charge on any atom is 0.231 e. The van der Waals surface area contributed by atoms with Crippen LogP contribution in [0.1, 0.15) is 31.4 Å². The van der Waals surface area contributed by atoms with Crippen molar-refractivity contribution in [1.82, 2.24) is 5.32 Å². The molecule has 5 nitrogen and oxygen atoms in total. The van der Waals surface area contributed by atoms with Crippen LogP contribution < -0.4 is 14.8 Å². The first kappa shape index (κ1) is 14.1. The van der Waals surface area contributed by atoms with Crippen molar-refractivity contribution in [2.45, 2.75) is 32.0 Å². The van der Waals surface area contributed by atoms with Crippen molar-refractivity contribution in [2.75, 3.05) is 19.9 Å². The van der Waals surface area contributed by atoms with E-state index in [1.807, 2.05) is 18.2 Å². The van der Waals surface area contributed by atoms with Crippen LogP contribution in [0, 0.1) is 0 Å². The molecule has 0 bridgehead atoms. The molecule has 106 valence electrons. The molecule has 2 atom stereocenters. The third-order valence-corrected chi connectivity index (χ3v) is 3.09. The second-order valence-electron chi connectivity index (χ2n) is 4.82. The second kappa shape index (κ2) is 6.75. The predicted molar refractivity (Wildman–Crippen MR) is 71.3 cm³/mol. The van der Waals surface area contributed by atoms with Crippen LogP contribution in [0.4, 0.5) is 0 Å². The highest BCUT2D eigenvalue weighted by Crippen LogP contribution is 2.33. The number of hydrogen-bond donors (Lipinski definition) is 3. The molecule has 0 radical (unpaired) electrons. The van der Waals surface area contributed by atoms with Crippen LogP contribution >= 0.6 is 0 Å². The summed E-state index contributed by atoms with van der Waals surface area (Å²) >= 11 is 0. The van der Waals surface area contributed by atoms with Crippen molar-refractivity contribution in [1.29, 1.82) is 0 Å². The van der Waals surface area contributed by atoms with Gasteiger partial charge < -0.3 is 25.0 Å². The van der Waals surface area contributed by atoms with E-state index in [2.05, 4.69) is 5.32 Å². The molecule has 19 heavy (non-hydrogen) atoms. The molecule has 0 aliphatic carbocycles. The molecule has 1 aromatic carbocycles.